The molecule has 4 heteroatoms. The molecule has 0 atom stereocenters. The molecule has 2 nitrogen and oxygen atoms in total. The van der Waals surface area contributed by atoms with Crippen molar-refractivity contribution in [2.75, 3.05) is 13.6 Å². The molecule has 1 aromatic carbocycles. The molecule has 0 saturated heterocycles. The molecule has 3 aliphatic rings. The Bertz CT molecular complexity index is 950. The highest BCUT2D eigenvalue weighted by Gasteiger charge is 2.39. The molecule has 2 aliphatic carbocycles. The van der Waals surface area contributed by atoms with Crippen LogP contribution < -0.4 is 10.4 Å². The van der Waals surface area contributed by atoms with Gasteiger partial charge in [-0.25, -0.2) is 8.78 Å². The number of nitrogens with zero attached hydrogens (tertiary/aromatic N) is 1. The maximum atomic E-state index is 14.7. The van der Waals surface area contributed by atoms with Gasteiger partial charge in [-0.1, -0.05) is 13.8 Å². The van der Waals surface area contributed by atoms with E-state index in [-0.39, 0.29) is 11.2 Å². The van der Waals surface area contributed by atoms with Gasteiger partial charge in [-0.3, -0.25) is 4.79 Å². The summed E-state index contributed by atoms with van der Waals surface area (Å²) in [5.41, 5.74) is 2.42. The fourth-order valence-electron chi connectivity index (χ4n) is 4.09. The van der Waals surface area contributed by atoms with Crippen molar-refractivity contribution < 1.29 is 13.6 Å². The van der Waals surface area contributed by atoms with Crippen LogP contribution in [0.15, 0.2) is 41.1 Å². The van der Waals surface area contributed by atoms with Crippen LogP contribution in [-0.4, -0.2) is 24.3 Å². The number of hydrogen-bond acceptors (Lipinski definition) is 2. The van der Waals surface area contributed by atoms with E-state index in [1.165, 1.54) is 24.3 Å². The third-order valence-electron chi connectivity index (χ3n) is 4.79. The van der Waals surface area contributed by atoms with Gasteiger partial charge in [0, 0.05) is 24.4 Å². The number of likely N-dealkylation sites (N-methyl/N-ethyl adjacent to an activating group) is 1. The fourth-order valence-corrected chi connectivity index (χ4v) is 4.09. The second kappa shape index (κ2) is 4.40. The highest BCUT2D eigenvalue weighted by Crippen LogP contribution is 2.45. The van der Waals surface area contributed by atoms with Gasteiger partial charge in [0.25, 0.3) is 0 Å². The lowest BCUT2D eigenvalue weighted by Crippen LogP contribution is -2.41. The van der Waals surface area contributed by atoms with E-state index in [2.05, 4.69) is 13.8 Å². The molecule has 0 fully saturated rings. The molecule has 0 bridgehead atoms. The molecule has 0 unspecified atom stereocenters. The van der Waals surface area contributed by atoms with Crippen LogP contribution in [0.5, 0.6) is 0 Å². The van der Waals surface area contributed by atoms with Gasteiger partial charge in [0.1, 0.15) is 11.6 Å². The van der Waals surface area contributed by atoms with Crippen LogP contribution in [-0.2, 0) is 4.79 Å². The number of rotatable bonds is 0. The van der Waals surface area contributed by atoms with Crippen molar-refractivity contribution in [3.8, 4) is 0 Å². The maximum absolute atomic E-state index is 14.7. The summed E-state index contributed by atoms with van der Waals surface area (Å²) >= 11 is 0. The molecule has 1 heterocycles. The summed E-state index contributed by atoms with van der Waals surface area (Å²) in [7, 11) is 1.88. The average molecular weight is 313 g/mol. The Morgan fingerprint density at radius 2 is 1.91 bits per heavy atom. The van der Waals surface area contributed by atoms with Gasteiger partial charge in [0.05, 0.1) is 5.70 Å². The number of benzene rings is 1. The van der Waals surface area contributed by atoms with Crippen LogP contribution in [0, 0.1) is 11.2 Å². The molecule has 118 valence electrons. The van der Waals surface area contributed by atoms with Crippen molar-refractivity contribution >= 4 is 17.2 Å². The summed E-state index contributed by atoms with van der Waals surface area (Å²) in [6.07, 6.45) is 2.03. The van der Waals surface area contributed by atoms with Crippen molar-refractivity contribution in [1.82, 2.24) is 4.90 Å². The molecule has 0 saturated carbocycles. The van der Waals surface area contributed by atoms with Gasteiger partial charge >= 0.3 is 0 Å². The maximum Gasteiger partial charge on any atom is 0.202 e. The Balaban J connectivity index is 2.11. The highest BCUT2D eigenvalue weighted by atomic mass is 19.1. The van der Waals surface area contributed by atoms with E-state index in [9.17, 15) is 13.6 Å². The average Bonchev–Trinajstić information content (AvgIpc) is 2.69. The first kappa shape index (κ1) is 14.4. The second-order valence-corrected chi connectivity index (χ2v) is 7.33. The van der Waals surface area contributed by atoms with Crippen LogP contribution in [0.3, 0.4) is 0 Å². The van der Waals surface area contributed by atoms with E-state index in [0.717, 1.165) is 12.1 Å². The van der Waals surface area contributed by atoms with Crippen LogP contribution in [0.2, 0.25) is 0 Å². The van der Waals surface area contributed by atoms with E-state index in [0.29, 0.717) is 33.7 Å². The lowest BCUT2D eigenvalue weighted by Gasteiger charge is -2.41. The summed E-state index contributed by atoms with van der Waals surface area (Å²) in [4.78, 5) is 14.5. The molecule has 0 radical (unpaired) electrons. The van der Waals surface area contributed by atoms with Crippen molar-refractivity contribution in [1.29, 1.82) is 0 Å². The van der Waals surface area contributed by atoms with Crippen molar-refractivity contribution in [2.24, 2.45) is 5.41 Å². The van der Waals surface area contributed by atoms with E-state index in [1.54, 1.807) is 0 Å². The molecule has 0 aromatic heterocycles. The minimum Gasteiger partial charge on any atom is -0.371 e. The molecular formula is C19H17F2NO. The molecule has 0 N–H and O–H groups in total. The first-order valence-electron chi connectivity index (χ1n) is 7.70. The van der Waals surface area contributed by atoms with Gasteiger partial charge in [0.2, 0.25) is 5.78 Å². The van der Waals surface area contributed by atoms with Gasteiger partial charge in [-0.05, 0) is 52.5 Å². The Labute approximate surface area is 133 Å². The Kier molecular flexibility index (Phi) is 2.75. The van der Waals surface area contributed by atoms with Crippen LogP contribution in [0.4, 0.5) is 8.78 Å². The quantitative estimate of drug-likeness (QED) is 0.732. The standard InChI is InChI=1S/C19H17F2NO/c1-19(2)8-14-16-12-6-10(20)4-5-11(12)17(21)13(16)7-15(23)18(14)22(3)9-19/h4-7H,8-9H2,1-3H3. The summed E-state index contributed by atoms with van der Waals surface area (Å²) in [5.74, 6) is -0.992. The van der Waals surface area contributed by atoms with Crippen LogP contribution >= 0.6 is 0 Å². The molecule has 1 aromatic rings. The summed E-state index contributed by atoms with van der Waals surface area (Å²) in [5, 5.41) is 0.931. The lowest BCUT2D eigenvalue weighted by atomic mass is 9.75. The van der Waals surface area contributed by atoms with E-state index < -0.39 is 11.6 Å². The van der Waals surface area contributed by atoms with Crippen LogP contribution in [0.25, 0.3) is 11.4 Å². The molecule has 1 aliphatic heterocycles. The molecule has 4 rings (SSSR count). The van der Waals surface area contributed by atoms with E-state index >= 15 is 0 Å². The number of hydrogen-bond donors (Lipinski definition) is 0. The Morgan fingerprint density at radius 3 is 2.65 bits per heavy atom. The third-order valence-corrected chi connectivity index (χ3v) is 4.79. The number of carbonyl (C=O) groups excluding carboxylic acids is 1. The molecule has 0 amide bonds. The summed E-state index contributed by atoms with van der Waals surface area (Å²) < 4.78 is 28.4. The Hall–Kier alpha value is -2.23. The zero-order valence-electron chi connectivity index (χ0n) is 13.3. The number of ketones is 1. The Morgan fingerprint density at radius 1 is 1.17 bits per heavy atom. The number of carbonyl (C=O) groups is 1. The van der Waals surface area contributed by atoms with E-state index in [4.69, 9.17) is 0 Å². The zero-order valence-corrected chi connectivity index (χ0v) is 13.3. The SMILES string of the molecule is CN1CC(C)(C)CC2=C1C(=O)C=C1C(F)=c3ccc(F)cc3=C12. The summed E-state index contributed by atoms with van der Waals surface area (Å²) in [6, 6.07) is 4.08. The highest BCUT2D eigenvalue weighted by molar-refractivity contribution is 6.15. The zero-order chi connectivity index (χ0) is 16.5. The molecule has 23 heavy (non-hydrogen) atoms. The van der Waals surface area contributed by atoms with Crippen molar-refractivity contribution in [3.63, 3.8) is 0 Å². The topological polar surface area (TPSA) is 20.3 Å². The minimum absolute atomic E-state index is 0.0319. The summed E-state index contributed by atoms with van der Waals surface area (Å²) in [6.45, 7) is 5.01. The third kappa shape index (κ3) is 1.94. The first-order chi connectivity index (χ1) is 10.8. The predicted molar refractivity (Wildman–Crippen MR) is 84.7 cm³/mol. The minimum atomic E-state index is -0.430. The molecular weight excluding hydrogens is 296 g/mol. The van der Waals surface area contributed by atoms with Gasteiger partial charge < -0.3 is 4.90 Å². The number of fused-ring (bicyclic) bond motifs is 3. The smallest absolute Gasteiger partial charge is 0.202 e. The second-order valence-electron chi connectivity index (χ2n) is 7.33. The van der Waals surface area contributed by atoms with Crippen molar-refractivity contribution in [3.05, 3.63) is 57.4 Å². The van der Waals surface area contributed by atoms with Gasteiger partial charge in [-0.15, -0.1) is 0 Å². The largest absolute Gasteiger partial charge is 0.371 e. The number of allylic oxidation sites excluding steroid dienone is 3. The normalized spacial score (nSPS) is 22.0. The monoisotopic (exact) mass is 313 g/mol. The van der Waals surface area contributed by atoms with Gasteiger partial charge in [0.15, 0.2) is 0 Å². The predicted octanol–water partition coefficient (Wildman–Crippen LogP) is 2.19. The van der Waals surface area contributed by atoms with Crippen molar-refractivity contribution in [2.45, 2.75) is 20.3 Å². The lowest BCUT2D eigenvalue weighted by molar-refractivity contribution is -0.113. The fraction of sp³-hybridized carbons (Fsp3) is 0.316. The van der Waals surface area contributed by atoms with Crippen LogP contribution in [0.1, 0.15) is 20.3 Å². The number of halogens is 2. The first-order valence-corrected chi connectivity index (χ1v) is 7.70. The molecule has 0 spiro atoms. The van der Waals surface area contributed by atoms with Gasteiger partial charge in [-0.2, -0.15) is 0 Å². The van der Waals surface area contributed by atoms with E-state index in [1.807, 2.05) is 11.9 Å².